The molecule has 0 radical (unpaired) electrons. The molecule has 4 nitrogen and oxygen atoms in total. The SMILES string of the molecule is CC=CC(=O)O/N=C1\C=C(C(C)C)C(=O)C=C1C. The third kappa shape index (κ3) is 3.52. The van der Waals surface area contributed by atoms with Crippen molar-refractivity contribution in [3.63, 3.8) is 0 Å². The molecule has 0 N–H and O–H groups in total. The van der Waals surface area contributed by atoms with E-state index in [1.165, 1.54) is 12.2 Å². The maximum atomic E-state index is 11.7. The molecule has 0 saturated carbocycles. The summed E-state index contributed by atoms with van der Waals surface area (Å²) in [5.74, 6) is -0.436. The van der Waals surface area contributed by atoms with Crippen LogP contribution in [0.15, 0.2) is 40.6 Å². The Balaban J connectivity index is 2.93. The van der Waals surface area contributed by atoms with Crippen LogP contribution in [0.1, 0.15) is 27.7 Å². The molecule has 0 aliphatic heterocycles. The number of rotatable bonds is 3. The van der Waals surface area contributed by atoms with Crippen LogP contribution in [0.3, 0.4) is 0 Å². The molecule has 0 aromatic rings. The van der Waals surface area contributed by atoms with Gasteiger partial charge in [0.1, 0.15) is 5.71 Å². The summed E-state index contributed by atoms with van der Waals surface area (Å²) in [4.78, 5) is 27.6. The molecule has 0 amide bonds. The highest BCUT2D eigenvalue weighted by atomic mass is 16.7. The van der Waals surface area contributed by atoms with Gasteiger partial charge in [-0.05, 0) is 37.5 Å². The number of hydrogen-bond acceptors (Lipinski definition) is 4. The fourth-order valence-electron chi connectivity index (χ4n) is 1.50. The minimum atomic E-state index is -0.533. The number of allylic oxidation sites excluding steroid dienone is 5. The fraction of sp³-hybridized carbons (Fsp3) is 0.357. The molecule has 0 fully saturated rings. The zero-order valence-electron chi connectivity index (χ0n) is 11.1. The quantitative estimate of drug-likeness (QED) is 0.333. The number of hydrogen-bond donors (Lipinski definition) is 0. The van der Waals surface area contributed by atoms with E-state index in [0.29, 0.717) is 16.9 Å². The van der Waals surface area contributed by atoms with Crippen molar-refractivity contribution in [2.45, 2.75) is 27.7 Å². The third-order valence-electron chi connectivity index (χ3n) is 2.49. The molecule has 0 bridgehead atoms. The molecule has 4 heteroatoms. The first-order chi connectivity index (χ1) is 8.45. The summed E-state index contributed by atoms with van der Waals surface area (Å²) in [5.41, 5.74) is 1.87. The molecular formula is C14H17NO3. The van der Waals surface area contributed by atoms with Crippen LogP contribution < -0.4 is 0 Å². The van der Waals surface area contributed by atoms with Crippen molar-refractivity contribution in [3.05, 3.63) is 35.5 Å². The van der Waals surface area contributed by atoms with Crippen molar-refractivity contribution in [3.8, 4) is 0 Å². The van der Waals surface area contributed by atoms with Crippen LogP contribution >= 0.6 is 0 Å². The number of carbonyl (C=O) groups excluding carboxylic acids is 2. The molecule has 96 valence electrons. The fourth-order valence-corrected chi connectivity index (χ4v) is 1.50. The molecule has 0 aromatic carbocycles. The van der Waals surface area contributed by atoms with Gasteiger partial charge in [0.15, 0.2) is 5.78 Å². The Bertz CT molecular complexity index is 479. The molecule has 0 atom stereocenters. The van der Waals surface area contributed by atoms with E-state index in [2.05, 4.69) is 5.16 Å². The molecular weight excluding hydrogens is 230 g/mol. The maximum Gasteiger partial charge on any atom is 0.358 e. The average molecular weight is 247 g/mol. The summed E-state index contributed by atoms with van der Waals surface area (Å²) in [6, 6.07) is 0. The molecule has 1 aliphatic rings. The molecule has 0 heterocycles. The normalized spacial score (nSPS) is 18.3. The summed E-state index contributed by atoms with van der Waals surface area (Å²) in [7, 11) is 0. The Morgan fingerprint density at radius 2 is 2.06 bits per heavy atom. The molecule has 0 saturated heterocycles. The van der Waals surface area contributed by atoms with E-state index in [0.717, 1.165) is 0 Å². The summed E-state index contributed by atoms with van der Waals surface area (Å²) >= 11 is 0. The molecule has 0 unspecified atom stereocenters. The minimum Gasteiger partial charge on any atom is -0.313 e. The van der Waals surface area contributed by atoms with Gasteiger partial charge in [-0.1, -0.05) is 25.1 Å². The summed E-state index contributed by atoms with van der Waals surface area (Å²) < 4.78 is 0. The first-order valence-electron chi connectivity index (χ1n) is 5.82. The highest BCUT2D eigenvalue weighted by Crippen LogP contribution is 2.19. The van der Waals surface area contributed by atoms with Gasteiger partial charge in [0.05, 0.1) is 0 Å². The van der Waals surface area contributed by atoms with Crippen LogP contribution in [0.4, 0.5) is 0 Å². The van der Waals surface area contributed by atoms with Crippen LogP contribution in [-0.4, -0.2) is 17.5 Å². The van der Waals surface area contributed by atoms with Crippen LogP contribution in [-0.2, 0) is 14.4 Å². The van der Waals surface area contributed by atoms with Gasteiger partial charge in [0, 0.05) is 11.6 Å². The van der Waals surface area contributed by atoms with Gasteiger partial charge in [-0.3, -0.25) is 4.79 Å². The lowest BCUT2D eigenvalue weighted by molar-refractivity contribution is -0.137. The predicted octanol–water partition coefficient (Wildman–Crippen LogP) is 2.57. The minimum absolute atomic E-state index is 0.0127. The van der Waals surface area contributed by atoms with Gasteiger partial charge in [0.25, 0.3) is 0 Å². The van der Waals surface area contributed by atoms with E-state index in [1.54, 1.807) is 26.0 Å². The van der Waals surface area contributed by atoms with Crippen molar-refractivity contribution < 1.29 is 14.4 Å². The second-order valence-electron chi connectivity index (χ2n) is 4.33. The predicted molar refractivity (Wildman–Crippen MR) is 70.0 cm³/mol. The Morgan fingerprint density at radius 1 is 1.39 bits per heavy atom. The zero-order valence-corrected chi connectivity index (χ0v) is 11.1. The lowest BCUT2D eigenvalue weighted by Crippen LogP contribution is -2.16. The maximum absolute atomic E-state index is 11.7. The molecule has 1 aliphatic carbocycles. The summed E-state index contributed by atoms with van der Waals surface area (Å²) in [6.45, 7) is 7.34. The van der Waals surface area contributed by atoms with E-state index in [4.69, 9.17) is 4.84 Å². The van der Waals surface area contributed by atoms with Crippen molar-refractivity contribution in [2.24, 2.45) is 11.1 Å². The monoisotopic (exact) mass is 247 g/mol. The topological polar surface area (TPSA) is 55.7 Å². The van der Waals surface area contributed by atoms with Crippen LogP contribution in [0.5, 0.6) is 0 Å². The highest BCUT2D eigenvalue weighted by molar-refractivity contribution is 6.21. The van der Waals surface area contributed by atoms with Gasteiger partial charge in [-0.15, -0.1) is 0 Å². The summed E-state index contributed by atoms with van der Waals surface area (Å²) in [5, 5.41) is 3.77. The Hall–Kier alpha value is -1.97. The lowest BCUT2D eigenvalue weighted by atomic mass is 9.90. The Labute approximate surface area is 107 Å². The number of oxime groups is 1. The van der Waals surface area contributed by atoms with Crippen LogP contribution in [0.25, 0.3) is 0 Å². The van der Waals surface area contributed by atoms with Crippen LogP contribution in [0, 0.1) is 5.92 Å². The Morgan fingerprint density at radius 3 is 2.61 bits per heavy atom. The number of ketones is 1. The third-order valence-corrected chi connectivity index (χ3v) is 2.49. The average Bonchev–Trinajstić information content (AvgIpc) is 2.27. The van der Waals surface area contributed by atoms with Gasteiger partial charge < -0.3 is 4.84 Å². The smallest absolute Gasteiger partial charge is 0.313 e. The highest BCUT2D eigenvalue weighted by Gasteiger charge is 2.19. The van der Waals surface area contributed by atoms with Crippen molar-refractivity contribution in [1.82, 2.24) is 0 Å². The molecule has 1 rings (SSSR count). The standard InChI is InChI=1S/C14H17NO3/c1-5-6-14(17)18-15-12-8-11(9(2)3)13(16)7-10(12)4/h5-9H,1-4H3/b6-5?,15-12+. The van der Waals surface area contributed by atoms with E-state index >= 15 is 0 Å². The first kappa shape index (κ1) is 14.1. The molecule has 18 heavy (non-hydrogen) atoms. The van der Waals surface area contributed by atoms with E-state index in [-0.39, 0.29) is 11.7 Å². The molecule has 0 spiro atoms. The van der Waals surface area contributed by atoms with Crippen LogP contribution in [0.2, 0.25) is 0 Å². The van der Waals surface area contributed by atoms with E-state index in [1.807, 2.05) is 13.8 Å². The lowest BCUT2D eigenvalue weighted by Gasteiger charge is -2.14. The largest absolute Gasteiger partial charge is 0.358 e. The van der Waals surface area contributed by atoms with Gasteiger partial charge >= 0.3 is 5.97 Å². The van der Waals surface area contributed by atoms with Crippen molar-refractivity contribution in [2.75, 3.05) is 0 Å². The van der Waals surface area contributed by atoms with E-state index < -0.39 is 5.97 Å². The van der Waals surface area contributed by atoms with Gasteiger partial charge in [0.2, 0.25) is 0 Å². The Kier molecular flexibility index (Phi) is 4.77. The number of carbonyl (C=O) groups is 2. The van der Waals surface area contributed by atoms with Gasteiger partial charge in [-0.2, -0.15) is 0 Å². The number of nitrogens with zero attached hydrogens (tertiary/aromatic N) is 1. The second-order valence-corrected chi connectivity index (χ2v) is 4.33. The molecule has 0 aromatic heterocycles. The zero-order chi connectivity index (χ0) is 13.7. The van der Waals surface area contributed by atoms with Crippen molar-refractivity contribution >= 4 is 17.5 Å². The van der Waals surface area contributed by atoms with Gasteiger partial charge in [-0.25, -0.2) is 4.79 Å². The van der Waals surface area contributed by atoms with E-state index in [9.17, 15) is 9.59 Å². The first-order valence-corrected chi connectivity index (χ1v) is 5.82. The van der Waals surface area contributed by atoms with Crippen molar-refractivity contribution in [1.29, 1.82) is 0 Å². The second kappa shape index (κ2) is 6.10. The summed E-state index contributed by atoms with van der Waals surface area (Å²) in [6.07, 6.45) is 6.04.